The van der Waals surface area contributed by atoms with E-state index >= 15 is 0 Å². The van der Waals surface area contributed by atoms with Crippen LogP contribution >= 0.6 is 0 Å². The molecular formula is C43H42O7S2. The Bertz CT molecular complexity index is 2300. The number of hydrogen-bond acceptors (Lipinski definition) is 7. The second-order valence-electron chi connectivity index (χ2n) is 12.8. The number of methoxy groups -OCH3 is 2. The molecule has 0 bridgehead atoms. The van der Waals surface area contributed by atoms with Crippen LogP contribution in [0.2, 0.25) is 0 Å². The van der Waals surface area contributed by atoms with Gasteiger partial charge in [-0.05, 0) is 122 Å². The quantitative estimate of drug-likeness (QED) is 0.138. The Hall–Kier alpha value is -5.38. The van der Waals surface area contributed by atoms with Crippen molar-refractivity contribution in [2.75, 3.05) is 14.2 Å². The van der Waals surface area contributed by atoms with Gasteiger partial charge in [0.1, 0.15) is 23.0 Å². The minimum absolute atomic E-state index is 0.135. The highest BCUT2D eigenvalue weighted by Crippen LogP contribution is 2.34. The molecule has 0 fully saturated rings. The molecule has 0 unspecified atom stereocenters. The maximum atomic E-state index is 12.9. The summed E-state index contributed by atoms with van der Waals surface area (Å²) in [6.07, 6.45) is 0. The fraction of sp³-hybridized carbons (Fsp3) is 0.163. The number of rotatable bonds is 10. The summed E-state index contributed by atoms with van der Waals surface area (Å²) in [5, 5.41) is 0. The molecule has 0 aliphatic rings. The van der Waals surface area contributed by atoms with Crippen molar-refractivity contribution in [1.82, 2.24) is 0 Å². The van der Waals surface area contributed by atoms with Crippen LogP contribution in [-0.2, 0) is 25.1 Å². The maximum Gasteiger partial charge on any atom is 0.206 e. The van der Waals surface area contributed by atoms with Crippen molar-refractivity contribution in [3.8, 4) is 23.0 Å². The molecule has 0 aliphatic heterocycles. The van der Waals surface area contributed by atoms with Gasteiger partial charge in [-0.1, -0.05) is 73.5 Å². The van der Waals surface area contributed by atoms with Crippen molar-refractivity contribution in [3.63, 3.8) is 0 Å². The Balaban J connectivity index is 0.000000244. The van der Waals surface area contributed by atoms with E-state index in [0.717, 1.165) is 5.56 Å². The molecule has 0 heterocycles. The Morgan fingerprint density at radius 3 is 0.962 bits per heavy atom. The molecule has 268 valence electrons. The lowest BCUT2D eigenvalue weighted by Crippen LogP contribution is -2.18. The number of aryl methyl sites for hydroxylation is 2. The predicted molar refractivity (Wildman–Crippen MR) is 204 cm³/mol. The third-order valence-corrected chi connectivity index (χ3v) is 12.4. The van der Waals surface area contributed by atoms with E-state index in [0.29, 0.717) is 27.9 Å². The van der Waals surface area contributed by atoms with Crippen LogP contribution in [0.5, 0.6) is 23.0 Å². The van der Waals surface area contributed by atoms with Crippen molar-refractivity contribution < 1.29 is 31.0 Å². The van der Waals surface area contributed by atoms with E-state index < -0.39 is 19.7 Å². The van der Waals surface area contributed by atoms with E-state index in [1.165, 1.54) is 28.8 Å². The Labute approximate surface area is 307 Å². The smallest absolute Gasteiger partial charge is 0.206 e. The van der Waals surface area contributed by atoms with Crippen LogP contribution in [0.1, 0.15) is 36.1 Å². The average molecular weight is 735 g/mol. The minimum Gasteiger partial charge on any atom is -0.497 e. The van der Waals surface area contributed by atoms with E-state index in [4.69, 9.17) is 14.2 Å². The number of benzene rings is 6. The molecule has 0 aromatic heterocycles. The van der Waals surface area contributed by atoms with Crippen molar-refractivity contribution in [3.05, 3.63) is 168 Å². The highest BCUT2D eigenvalue weighted by molar-refractivity contribution is 7.91. The lowest BCUT2D eigenvalue weighted by Gasteiger charge is -2.26. The highest BCUT2D eigenvalue weighted by atomic mass is 32.2. The number of sulfone groups is 2. The predicted octanol–water partition coefficient (Wildman–Crippen LogP) is 9.79. The second-order valence-corrected chi connectivity index (χ2v) is 16.7. The van der Waals surface area contributed by atoms with Gasteiger partial charge in [-0.25, -0.2) is 16.8 Å². The molecule has 6 aromatic carbocycles. The molecule has 0 atom stereocenters. The van der Waals surface area contributed by atoms with Gasteiger partial charge in [0, 0.05) is 5.41 Å². The molecule has 9 heteroatoms. The summed E-state index contributed by atoms with van der Waals surface area (Å²) in [6.45, 7) is 8.42. The molecular weight excluding hydrogens is 693 g/mol. The second kappa shape index (κ2) is 15.9. The lowest BCUT2D eigenvalue weighted by atomic mass is 9.78. The van der Waals surface area contributed by atoms with Gasteiger partial charge in [-0.3, -0.25) is 0 Å². The highest BCUT2D eigenvalue weighted by Gasteiger charge is 2.23. The zero-order valence-corrected chi connectivity index (χ0v) is 31.7. The third-order valence-electron chi connectivity index (χ3n) is 8.79. The summed E-state index contributed by atoms with van der Waals surface area (Å²) in [7, 11) is -3.96. The molecule has 6 rings (SSSR count). The normalized spacial score (nSPS) is 11.6. The minimum atomic E-state index is -3.62. The van der Waals surface area contributed by atoms with E-state index in [1.54, 1.807) is 99.1 Å². The first-order valence-electron chi connectivity index (χ1n) is 16.5. The van der Waals surface area contributed by atoms with Crippen LogP contribution in [0, 0.1) is 13.8 Å². The molecule has 6 aromatic rings. The van der Waals surface area contributed by atoms with Crippen molar-refractivity contribution >= 4 is 19.7 Å². The molecule has 0 amide bonds. The van der Waals surface area contributed by atoms with Gasteiger partial charge in [-0.15, -0.1) is 0 Å². The zero-order chi connectivity index (χ0) is 37.5. The monoisotopic (exact) mass is 734 g/mol. The first-order valence-corrected chi connectivity index (χ1v) is 19.5. The van der Waals surface area contributed by atoms with Crippen molar-refractivity contribution in [2.45, 2.75) is 52.7 Å². The van der Waals surface area contributed by atoms with E-state index in [-0.39, 0.29) is 20.1 Å². The Kier molecular flexibility index (Phi) is 11.6. The molecule has 52 heavy (non-hydrogen) atoms. The van der Waals surface area contributed by atoms with E-state index in [1.807, 2.05) is 19.1 Å². The fourth-order valence-corrected chi connectivity index (χ4v) is 7.92. The molecule has 0 aliphatic carbocycles. The van der Waals surface area contributed by atoms with Crippen LogP contribution in [-0.4, -0.2) is 31.1 Å². The summed E-state index contributed by atoms with van der Waals surface area (Å²) >= 11 is 0. The van der Waals surface area contributed by atoms with Gasteiger partial charge in [0.05, 0.1) is 33.8 Å². The average Bonchev–Trinajstić information content (AvgIpc) is 3.16. The van der Waals surface area contributed by atoms with Gasteiger partial charge >= 0.3 is 0 Å². The summed E-state index contributed by atoms with van der Waals surface area (Å²) in [5.74, 6) is 2.50. The van der Waals surface area contributed by atoms with Gasteiger partial charge in [0.15, 0.2) is 0 Å². The Morgan fingerprint density at radius 1 is 0.385 bits per heavy atom. The first-order chi connectivity index (χ1) is 24.7. The van der Waals surface area contributed by atoms with Gasteiger partial charge in [0.25, 0.3) is 0 Å². The SMILES string of the molecule is COc1ccc(S(=O)(=O)c2ccc(C)cc2)cc1.COc1ccc(S(=O)(=O)c2ccc(Oc3ccc(C(C)(C)c4ccc(C)cc4)cc3)cc2)cc1. The van der Waals surface area contributed by atoms with Gasteiger partial charge < -0.3 is 14.2 Å². The van der Waals surface area contributed by atoms with Crippen LogP contribution in [0.25, 0.3) is 0 Å². The molecule has 7 nitrogen and oxygen atoms in total. The van der Waals surface area contributed by atoms with Gasteiger partial charge in [-0.2, -0.15) is 0 Å². The number of hydrogen-bond donors (Lipinski definition) is 0. The fourth-order valence-electron chi connectivity index (χ4n) is 5.40. The molecule has 0 spiro atoms. The summed E-state index contributed by atoms with van der Waals surface area (Å²) in [6, 6.07) is 42.6. The molecule has 0 saturated carbocycles. The maximum absolute atomic E-state index is 12.9. The largest absolute Gasteiger partial charge is 0.497 e. The first kappa shape index (κ1) is 37.9. The lowest BCUT2D eigenvalue weighted by molar-refractivity contribution is 0.414. The third kappa shape index (κ3) is 8.73. The van der Waals surface area contributed by atoms with Crippen molar-refractivity contribution in [1.29, 1.82) is 0 Å². The van der Waals surface area contributed by atoms with Crippen LogP contribution < -0.4 is 14.2 Å². The summed E-state index contributed by atoms with van der Waals surface area (Å²) in [4.78, 5) is 0.999. The molecule has 0 N–H and O–H groups in total. The van der Waals surface area contributed by atoms with E-state index in [2.05, 4.69) is 57.2 Å². The summed E-state index contributed by atoms with van der Waals surface area (Å²) in [5.41, 5.74) is 4.57. The molecule has 0 radical (unpaired) electrons. The summed E-state index contributed by atoms with van der Waals surface area (Å²) < 4.78 is 66.5. The number of ether oxygens (including phenoxy) is 3. The Morgan fingerprint density at radius 2 is 0.635 bits per heavy atom. The zero-order valence-electron chi connectivity index (χ0n) is 30.0. The van der Waals surface area contributed by atoms with Crippen LogP contribution in [0.15, 0.2) is 165 Å². The standard InChI is InChI=1S/C29H28O4S.C14H14O3S/c1-21-5-7-22(8-6-21)29(2,3)23-9-11-25(12-10-23)33-26-15-19-28(20-16-26)34(30,31)27-17-13-24(32-4)14-18-27;1-11-3-7-13(8-4-11)18(15,16)14-9-5-12(17-2)6-10-14/h5-20H,1-4H3;3-10H,1-2H3. The van der Waals surface area contributed by atoms with E-state index in [9.17, 15) is 16.8 Å². The topological polar surface area (TPSA) is 96.0 Å². The van der Waals surface area contributed by atoms with Crippen molar-refractivity contribution in [2.24, 2.45) is 0 Å². The van der Waals surface area contributed by atoms with Crippen LogP contribution in [0.3, 0.4) is 0 Å². The molecule has 0 saturated heterocycles. The van der Waals surface area contributed by atoms with Crippen LogP contribution in [0.4, 0.5) is 0 Å². The van der Waals surface area contributed by atoms with Gasteiger partial charge in [0.2, 0.25) is 19.7 Å².